The van der Waals surface area contributed by atoms with Gasteiger partial charge in [0.15, 0.2) is 0 Å². The highest BCUT2D eigenvalue weighted by Gasteiger charge is 2.33. The molecule has 1 heterocycles. The highest BCUT2D eigenvalue weighted by Crippen LogP contribution is 2.24. The molecule has 0 spiro atoms. The van der Waals surface area contributed by atoms with Crippen molar-refractivity contribution in [3.8, 4) is 0 Å². The van der Waals surface area contributed by atoms with E-state index in [0.29, 0.717) is 18.1 Å². The Balaban J connectivity index is 1.66. The summed E-state index contributed by atoms with van der Waals surface area (Å²) in [5.41, 5.74) is 7.06. The van der Waals surface area contributed by atoms with E-state index in [-0.39, 0.29) is 5.82 Å². The molecule has 3 nitrogen and oxygen atoms in total. The van der Waals surface area contributed by atoms with E-state index in [1.807, 2.05) is 12.1 Å². The maximum atomic E-state index is 12.8. The van der Waals surface area contributed by atoms with Crippen molar-refractivity contribution in [2.75, 3.05) is 0 Å². The van der Waals surface area contributed by atoms with Gasteiger partial charge < -0.3 is 11.1 Å². The molecule has 96 valence electrons. The van der Waals surface area contributed by atoms with Crippen LogP contribution in [0.5, 0.6) is 0 Å². The number of rotatable bonds is 2. The van der Waals surface area contributed by atoms with Crippen LogP contribution in [0.1, 0.15) is 24.8 Å². The zero-order valence-corrected chi connectivity index (χ0v) is 10.3. The summed E-state index contributed by atoms with van der Waals surface area (Å²) in [6, 6.07) is 7.71. The first-order valence-corrected chi connectivity index (χ1v) is 6.54. The van der Waals surface area contributed by atoms with Crippen LogP contribution < -0.4 is 11.1 Å². The normalized spacial score (nSPS) is 30.6. The lowest BCUT2D eigenvalue weighted by molar-refractivity contribution is 0.347. The summed E-state index contributed by atoms with van der Waals surface area (Å²) in [5, 5.41) is 3.46. The van der Waals surface area contributed by atoms with Crippen molar-refractivity contribution < 1.29 is 4.39 Å². The molecule has 18 heavy (non-hydrogen) atoms. The molecule has 1 saturated carbocycles. The Morgan fingerprint density at radius 2 is 2.06 bits per heavy atom. The quantitative estimate of drug-likeness (QED) is 0.834. The first kappa shape index (κ1) is 11.7. The SMILES string of the molecule is NC1CCC2N=C(Cc3ccc(F)cc3)NC2C1. The number of aliphatic imine (C=N–C) groups is 1. The summed E-state index contributed by atoms with van der Waals surface area (Å²) in [5.74, 6) is 0.824. The van der Waals surface area contributed by atoms with Crippen molar-refractivity contribution in [1.82, 2.24) is 5.32 Å². The molecule has 3 rings (SSSR count). The van der Waals surface area contributed by atoms with Crippen LogP contribution in [0.3, 0.4) is 0 Å². The molecule has 1 aromatic carbocycles. The van der Waals surface area contributed by atoms with E-state index in [1.54, 1.807) is 0 Å². The van der Waals surface area contributed by atoms with Crippen LogP contribution in [0.15, 0.2) is 29.3 Å². The predicted octanol–water partition coefficient (Wildman–Crippen LogP) is 1.62. The summed E-state index contributed by atoms with van der Waals surface area (Å²) in [6.07, 6.45) is 3.89. The second-order valence-electron chi connectivity index (χ2n) is 5.27. The monoisotopic (exact) mass is 247 g/mol. The molecule has 0 saturated heterocycles. The van der Waals surface area contributed by atoms with Crippen molar-refractivity contribution in [1.29, 1.82) is 0 Å². The smallest absolute Gasteiger partial charge is 0.123 e. The van der Waals surface area contributed by atoms with Gasteiger partial charge in [0, 0.05) is 12.5 Å². The Morgan fingerprint density at radius 1 is 1.28 bits per heavy atom. The molecule has 3 N–H and O–H groups in total. The van der Waals surface area contributed by atoms with Crippen LogP contribution in [-0.2, 0) is 6.42 Å². The Kier molecular flexibility index (Phi) is 3.04. The first-order chi connectivity index (χ1) is 8.70. The summed E-state index contributed by atoms with van der Waals surface area (Å²) < 4.78 is 12.8. The van der Waals surface area contributed by atoms with E-state index >= 15 is 0 Å². The van der Waals surface area contributed by atoms with E-state index < -0.39 is 0 Å². The molecule has 0 bridgehead atoms. The maximum Gasteiger partial charge on any atom is 0.123 e. The molecule has 1 aliphatic heterocycles. The number of nitrogens with two attached hydrogens (primary N) is 1. The molecular formula is C14H18FN3. The van der Waals surface area contributed by atoms with Crippen LogP contribution >= 0.6 is 0 Å². The van der Waals surface area contributed by atoms with Gasteiger partial charge in [-0.25, -0.2) is 4.39 Å². The van der Waals surface area contributed by atoms with Crippen molar-refractivity contribution >= 4 is 5.84 Å². The summed E-state index contributed by atoms with van der Waals surface area (Å²) in [6.45, 7) is 0. The van der Waals surface area contributed by atoms with E-state index in [9.17, 15) is 4.39 Å². The molecule has 0 amide bonds. The number of nitrogens with one attached hydrogen (secondary N) is 1. The fourth-order valence-corrected chi connectivity index (χ4v) is 2.84. The zero-order valence-electron chi connectivity index (χ0n) is 10.3. The average Bonchev–Trinajstić information content (AvgIpc) is 2.73. The Morgan fingerprint density at radius 3 is 2.83 bits per heavy atom. The molecule has 2 aliphatic rings. The molecule has 3 unspecified atom stereocenters. The predicted molar refractivity (Wildman–Crippen MR) is 70.1 cm³/mol. The fourth-order valence-electron chi connectivity index (χ4n) is 2.84. The largest absolute Gasteiger partial charge is 0.369 e. The molecule has 1 fully saturated rings. The molecule has 0 aromatic heterocycles. The van der Waals surface area contributed by atoms with Crippen molar-refractivity contribution in [3.63, 3.8) is 0 Å². The Hall–Kier alpha value is -1.42. The van der Waals surface area contributed by atoms with Gasteiger partial charge in [-0.05, 0) is 37.0 Å². The average molecular weight is 247 g/mol. The van der Waals surface area contributed by atoms with Crippen LogP contribution in [0.4, 0.5) is 4.39 Å². The lowest BCUT2D eigenvalue weighted by atomic mass is 9.88. The number of halogens is 1. The van der Waals surface area contributed by atoms with Crippen molar-refractivity contribution in [2.24, 2.45) is 10.7 Å². The number of hydrogen-bond acceptors (Lipinski definition) is 3. The van der Waals surface area contributed by atoms with Crippen LogP contribution in [-0.4, -0.2) is 24.0 Å². The van der Waals surface area contributed by atoms with Gasteiger partial charge in [-0.3, -0.25) is 4.99 Å². The number of fused-ring (bicyclic) bond motifs is 1. The molecule has 3 atom stereocenters. The first-order valence-electron chi connectivity index (χ1n) is 6.54. The molecular weight excluding hydrogens is 229 g/mol. The number of benzene rings is 1. The Bertz CT molecular complexity index is 455. The second kappa shape index (κ2) is 4.69. The topological polar surface area (TPSA) is 50.4 Å². The van der Waals surface area contributed by atoms with Crippen molar-refractivity contribution in [2.45, 2.75) is 43.8 Å². The molecule has 0 radical (unpaired) electrons. The van der Waals surface area contributed by atoms with Crippen LogP contribution in [0.2, 0.25) is 0 Å². The molecule has 1 aliphatic carbocycles. The maximum absolute atomic E-state index is 12.8. The van der Waals surface area contributed by atoms with E-state index in [1.165, 1.54) is 12.1 Å². The summed E-state index contributed by atoms with van der Waals surface area (Å²) in [4.78, 5) is 4.72. The van der Waals surface area contributed by atoms with Gasteiger partial charge in [-0.15, -0.1) is 0 Å². The third-order valence-electron chi connectivity index (χ3n) is 3.81. The minimum Gasteiger partial charge on any atom is -0.369 e. The third kappa shape index (κ3) is 2.38. The van der Waals surface area contributed by atoms with Gasteiger partial charge >= 0.3 is 0 Å². The van der Waals surface area contributed by atoms with E-state index in [4.69, 9.17) is 10.7 Å². The minimum absolute atomic E-state index is 0.195. The Labute approximate surface area is 106 Å². The lowest BCUT2D eigenvalue weighted by Crippen LogP contribution is -2.44. The number of amidine groups is 1. The molecule has 1 aromatic rings. The van der Waals surface area contributed by atoms with Crippen molar-refractivity contribution in [3.05, 3.63) is 35.6 Å². The van der Waals surface area contributed by atoms with Gasteiger partial charge in [0.2, 0.25) is 0 Å². The highest BCUT2D eigenvalue weighted by atomic mass is 19.1. The summed E-state index contributed by atoms with van der Waals surface area (Å²) >= 11 is 0. The van der Waals surface area contributed by atoms with Gasteiger partial charge in [-0.1, -0.05) is 12.1 Å². The van der Waals surface area contributed by atoms with Gasteiger partial charge in [0.1, 0.15) is 11.7 Å². The van der Waals surface area contributed by atoms with Gasteiger partial charge in [0.05, 0.1) is 12.1 Å². The highest BCUT2D eigenvalue weighted by molar-refractivity contribution is 5.86. The standard InChI is InChI=1S/C14H18FN3/c15-10-3-1-9(2-4-10)7-14-17-12-6-5-11(16)8-13(12)18-14/h1-4,11-13H,5-8,16H2,(H,17,18). The lowest BCUT2D eigenvalue weighted by Gasteiger charge is -2.28. The number of hydrogen-bond donors (Lipinski definition) is 2. The number of nitrogens with zero attached hydrogens (tertiary/aromatic N) is 1. The van der Waals surface area contributed by atoms with Crippen LogP contribution in [0, 0.1) is 5.82 Å². The van der Waals surface area contributed by atoms with Gasteiger partial charge in [0.25, 0.3) is 0 Å². The van der Waals surface area contributed by atoms with E-state index in [2.05, 4.69) is 5.32 Å². The van der Waals surface area contributed by atoms with Crippen LogP contribution in [0.25, 0.3) is 0 Å². The summed E-state index contributed by atoms with van der Waals surface area (Å²) in [7, 11) is 0. The zero-order chi connectivity index (χ0) is 12.5. The second-order valence-corrected chi connectivity index (χ2v) is 5.27. The molecule has 4 heteroatoms. The minimum atomic E-state index is -0.195. The van der Waals surface area contributed by atoms with Gasteiger partial charge in [-0.2, -0.15) is 0 Å². The fraction of sp³-hybridized carbons (Fsp3) is 0.500. The third-order valence-corrected chi connectivity index (χ3v) is 3.81. The van der Waals surface area contributed by atoms with E-state index in [0.717, 1.165) is 37.1 Å².